The van der Waals surface area contributed by atoms with Crippen LogP contribution in [0.5, 0.6) is 5.75 Å². The van der Waals surface area contributed by atoms with E-state index in [9.17, 15) is 0 Å². The topological polar surface area (TPSA) is 113 Å². The van der Waals surface area contributed by atoms with Crippen LogP contribution >= 0.6 is 0 Å². The first kappa shape index (κ1) is 23.3. The molecule has 190 valence electrons. The Kier molecular flexibility index (Phi) is 6.56. The lowest BCUT2D eigenvalue weighted by molar-refractivity contribution is -0.0394. The molecule has 6 rings (SSSR count). The van der Waals surface area contributed by atoms with Crippen molar-refractivity contribution < 1.29 is 14.2 Å². The highest BCUT2D eigenvalue weighted by Gasteiger charge is 2.41. The summed E-state index contributed by atoms with van der Waals surface area (Å²) in [5.41, 5.74) is 9.74. The van der Waals surface area contributed by atoms with Gasteiger partial charge >= 0.3 is 0 Å². The summed E-state index contributed by atoms with van der Waals surface area (Å²) in [7, 11) is 1.60. The van der Waals surface area contributed by atoms with Gasteiger partial charge in [-0.1, -0.05) is 6.07 Å². The lowest BCUT2D eigenvalue weighted by Crippen LogP contribution is -2.30. The lowest BCUT2D eigenvalue weighted by Gasteiger charge is -2.22. The molecule has 0 spiro atoms. The zero-order chi connectivity index (χ0) is 24.5. The molecule has 0 bridgehead atoms. The van der Waals surface area contributed by atoms with E-state index in [4.69, 9.17) is 19.9 Å². The molecule has 3 fully saturated rings. The molecule has 2 N–H and O–H groups in total. The van der Waals surface area contributed by atoms with Gasteiger partial charge in [0.25, 0.3) is 0 Å². The Labute approximate surface area is 210 Å². The average molecular weight is 492 g/mol. The minimum Gasteiger partial charge on any atom is -0.467 e. The summed E-state index contributed by atoms with van der Waals surface area (Å²) in [5, 5.41) is 13.5. The molecule has 0 amide bonds. The Morgan fingerprint density at radius 3 is 2.81 bits per heavy atom. The molecule has 36 heavy (non-hydrogen) atoms. The van der Waals surface area contributed by atoms with Crippen LogP contribution in [0.4, 0.5) is 5.95 Å². The molecule has 1 saturated carbocycles. The Morgan fingerprint density at radius 1 is 1.08 bits per heavy atom. The Morgan fingerprint density at radius 2 is 2.03 bits per heavy atom. The van der Waals surface area contributed by atoms with Crippen LogP contribution < -0.4 is 15.4 Å². The normalized spacial score (nSPS) is 25.8. The number of methoxy groups -OCH3 is 1. The first-order valence-electron chi connectivity index (χ1n) is 12.8. The summed E-state index contributed by atoms with van der Waals surface area (Å²) in [5.74, 6) is 2.48. The zero-order valence-corrected chi connectivity index (χ0v) is 20.6. The van der Waals surface area contributed by atoms with Crippen molar-refractivity contribution in [2.45, 2.75) is 44.4 Å². The van der Waals surface area contributed by atoms with Gasteiger partial charge in [0, 0.05) is 50.2 Å². The monoisotopic (exact) mass is 491 g/mol. The minimum atomic E-state index is 0.00163. The molecule has 2 aliphatic heterocycles. The molecule has 1 aliphatic carbocycles. The number of nitrogens with two attached hydrogens (primary N) is 1. The molecule has 4 heterocycles. The maximum absolute atomic E-state index is 6.29. The predicted octanol–water partition coefficient (Wildman–Crippen LogP) is 3.26. The van der Waals surface area contributed by atoms with Crippen LogP contribution in [-0.4, -0.2) is 64.6 Å². The van der Waals surface area contributed by atoms with Gasteiger partial charge < -0.3 is 24.8 Å². The fourth-order valence-corrected chi connectivity index (χ4v) is 5.74. The van der Waals surface area contributed by atoms with Crippen molar-refractivity contribution in [3.05, 3.63) is 36.8 Å². The van der Waals surface area contributed by atoms with E-state index in [1.807, 2.05) is 35.3 Å². The molecule has 4 atom stereocenters. The van der Waals surface area contributed by atoms with E-state index in [1.165, 1.54) is 6.42 Å². The van der Waals surface area contributed by atoms with Crippen LogP contribution in [0.3, 0.4) is 0 Å². The van der Waals surface area contributed by atoms with E-state index in [-0.39, 0.29) is 19.1 Å². The maximum Gasteiger partial charge on any atom is 0.245 e. The molecular weight excluding hydrogens is 458 g/mol. The molecule has 10 nitrogen and oxygen atoms in total. The smallest absolute Gasteiger partial charge is 0.245 e. The van der Waals surface area contributed by atoms with Gasteiger partial charge in [-0.15, -0.1) is 10.2 Å². The van der Waals surface area contributed by atoms with E-state index in [1.54, 1.807) is 13.3 Å². The highest BCUT2D eigenvalue weighted by molar-refractivity contribution is 5.74. The number of ether oxygens (including phenoxy) is 3. The van der Waals surface area contributed by atoms with Crippen LogP contribution in [0, 0.1) is 11.8 Å². The van der Waals surface area contributed by atoms with Crippen molar-refractivity contribution in [1.29, 1.82) is 0 Å². The van der Waals surface area contributed by atoms with Crippen molar-refractivity contribution >= 4 is 5.95 Å². The molecule has 10 heteroatoms. The van der Waals surface area contributed by atoms with Gasteiger partial charge in [-0.25, -0.2) is 9.67 Å². The fourth-order valence-electron chi connectivity index (χ4n) is 5.74. The van der Waals surface area contributed by atoms with Gasteiger partial charge in [0.2, 0.25) is 5.95 Å². The standard InChI is InChI=1S/C26H33N7O3/c1-34-16-36-24-10-17(19-11-29-33(14-19)25-4-2-3-9-35-25)5-7-20(24)23-12-28-26(31-30-23)32-13-18-6-8-22(27)21(18)15-32/h5,7,10-12,14,18,21-22,25H,2-4,6,8-9,13,15-16,27H2,1H3/t18-,21+,22+,25?/m1/s1. The number of fused-ring (bicyclic) bond motifs is 1. The van der Waals surface area contributed by atoms with Crippen molar-refractivity contribution in [3.8, 4) is 28.1 Å². The predicted molar refractivity (Wildman–Crippen MR) is 134 cm³/mol. The summed E-state index contributed by atoms with van der Waals surface area (Å²) in [4.78, 5) is 6.86. The Hall–Kier alpha value is -3.08. The van der Waals surface area contributed by atoms with Crippen LogP contribution in [0.25, 0.3) is 22.4 Å². The van der Waals surface area contributed by atoms with Crippen molar-refractivity contribution in [2.24, 2.45) is 17.6 Å². The van der Waals surface area contributed by atoms with E-state index in [0.717, 1.165) is 62.1 Å². The molecular formula is C26H33N7O3. The molecule has 0 radical (unpaired) electrons. The summed E-state index contributed by atoms with van der Waals surface area (Å²) >= 11 is 0. The summed E-state index contributed by atoms with van der Waals surface area (Å²) < 4.78 is 18.9. The summed E-state index contributed by atoms with van der Waals surface area (Å²) in [6.07, 6.45) is 11.2. The van der Waals surface area contributed by atoms with E-state index < -0.39 is 0 Å². The van der Waals surface area contributed by atoms with E-state index >= 15 is 0 Å². The van der Waals surface area contributed by atoms with Crippen LogP contribution in [0.15, 0.2) is 36.8 Å². The van der Waals surface area contributed by atoms with E-state index in [2.05, 4.69) is 25.2 Å². The number of anilines is 1. The Balaban J connectivity index is 1.23. The third-order valence-corrected chi connectivity index (χ3v) is 7.72. The number of rotatable bonds is 7. The third-order valence-electron chi connectivity index (χ3n) is 7.72. The highest BCUT2D eigenvalue weighted by Crippen LogP contribution is 2.38. The molecule has 3 aliphatic rings. The molecule has 1 unspecified atom stereocenters. The maximum atomic E-state index is 6.29. The average Bonchev–Trinajstić information content (AvgIpc) is 3.66. The number of hydrogen-bond acceptors (Lipinski definition) is 9. The van der Waals surface area contributed by atoms with Crippen molar-refractivity contribution in [3.63, 3.8) is 0 Å². The van der Waals surface area contributed by atoms with Crippen LogP contribution in [-0.2, 0) is 9.47 Å². The van der Waals surface area contributed by atoms with Gasteiger partial charge in [-0.05, 0) is 61.6 Å². The van der Waals surface area contributed by atoms with Crippen LogP contribution in [0.1, 0.15) is 38.3 Å². The quantitative estimate of drug-likeness (QED) is 0.498. The fraction of sp³-hybridized carbons (Fsp3) is 0.538. The van der Waals surface area contributed by atoms with Gasteiger partial charge in [-0.2, -0.15) is 5.10 Å². The van der Waals surface area contributed by atoms with Crippen molar-refractivity contribution in [1.82, 2.24) is 25.0 Å². The number of benzene rings is 1. The first-order valence-corrected chi connectivity index (χ1v) is 12.8. The zero-order valence-electron chi connectivity index (χ0n) is 20.6. The molecule has 2 saturated heterocycles. The van der Waals surface area contributed by atoms with Gasteiger partial charge in [0.05, 0.1) is 12.4 Å². The second-order valence-electron chi connectivity index (χ2n) is 10.0. The van der Waals surface area contributed by atoms with Gasteiger partial charge in [-0.3, -0.25) is 0 Å². The Bertz CT molecular complexity index is 1180. The SMILES string of the molecule is COCOc1cc(-c2cnn(C3CCCCO3)c2)ccc1-c1cnc(N2C[C@H]3CC[C@H](N)[C@H]3C2)nn1. The lowest BCUT2D eigenvalue weighted by atomic mass is 9.98. The number of aromatic nitrogens is 5. The minimum absolute atomic E-state index is 0.00163. The highest BCUT2D eigenvalue weighted by atomic mass is 16.7. The summed E-state index contributed by atoms with van der Waals surface area (Å²) in [6, 6.07) is 6.29. The number of hydrogen-bond donors (Lipinski definition) is 1. The van der Waals surface area contributed by atoms with Crippen LogP contribution in [0.2, 0.25) is 0 Å². The largest absolute Gasteiger partial charge is 0.467 e. The van der Waals surface area contributed by atoms with Gasteiger partial charge in [0.1, 0.15) is 17.7 Å². The van der Waals surface area contributed by atoms with E-state index in [0.29, 0.717) is 29.2 Å². The third kappa shape index (κ3) is 4.56. The van der Waals surface area contributed by atoms with Gasteiger partial charge in [0.15, 0.2) is 6.79 Å². The first-order chi connectivity index (χ1) is 17.7. The molecule has 2 aromatic heterocycles. The second-order valence-corrected chi connectivity index (χ2v) is 10.0. The molecule has 1 aromatic carbocycles. The molecule has 3 aromatic rings. The second kappa shape index (κ2) is 10.1. The summed E-state index contributed by atoms with van der Waals surface area (Å²) in [6.45, 7) is 2.77. The number of nitrogens with zero attached hydrogens (tertiary/aromatic N) is 6. The van der Waals surface area contributed by atoms with Crippen molar-refractivity contribution in [2.75, 3.05) is 38.5 Å².